The molecule has 2 aromatic rings. The Balaban J connectivity index is 1.79. The van der Waals surface area contributed by atoms with E-state index in [4.69, 9.17) is 23.2 Å². The normalized spacial score (nSPS) is 28.5. The number of rotatable bonds is 5. The first-order chi connectivity index (χ1) is 12.7. The molecule has 0 saturated heterocycles. The highest BCUT2D eigenvalue weighted by Crippen LogP contribution is 2.45. The smallest absolute Gasteiger partial charge is 0.0867 e. The molecule has 1 fully saturated rings. The Labute approximate surface area is 173 Å². The molecule has 0 radical (unpaired) electrons. The minimum Gasteiger partial charge on any atom is -0.388 e. The van der Waals surface area contributed by atoms with Crippen LogP contribution in [0.2, 0.25) is 10.0 Å². The number of likely N-dealkylation sites (N-methyl/N-ethyl adjacent to an activating group) is 1. The van der Waals surface area contributed by atoms with Crippen molar-refractivity contribution in [2.75, 3.05) is 14.1 Å². The molecule has 0 aliphatic heterocycles. The van der Waals surface area contributed by atoms with Gasteiger partial charge in [0, 0.05) is 22.0 Å². The molecule has 4 heteroatoms. The lowest BCUT2D eigenvalue weighted by atomic mass is 9.62. The van der Waals surface area contributed by atoms with E-state index in [0.29, 0.717) is 12.3 Å². The maximum atomic E-state index is 11.7. The molecule has 146 valence electrons. The summed E-state index contributed by atoms with van der Waals surface area (Å²) >= 11 is 12.2. The van der Waals surface area contributed by atoms with Crippen LogP contribution in [0.25, 0.3) is 0 Å². The van der Waals surface area contributed by atoms with Crippen LogP contribution in [0.1, 0.15) is 37.3 Å². The molecule has 1 N–H and O–H groups in total. The van der Waals surface area contributed by atoms with Gasteiger partial charge in [-0.1, -0.05) is 47.5 Å². The zero-order valence-corrected chi connectivity index (χ0v) is 17.9. The van der Waals surface area contributed by atoms with Crippen molar-refractivity contribution in [3.63, 3.8) is 0 Å². The number of halogens is 2. The van der Waals surface area contributed by atoms with Crippen LogP contribution in [0.5, 0.6) is 0 Å². The molecule has 3 rings (SSSR count). The first-order valence-electron chi connectivity index (χ1n) is 9.60. The fourth-order valence-corrected chi connectivity index (χ4v) is 4.90. The van der Waals surface area contributed by atoms with Crippen LogP contribution in [0.4, 0.5) is 0 Å². The van der Waals surface area contributed by atoms with Gasteiger partial charge < -0.3 is 10.0 Å². The minimum absolute atomic E-state index is 0.301. The molecular weight excluding hydrogens is 377 g/mol. The largest absolute Gasteiger partial charge is 0.388 e. The summed E-state index contributed by atoms with van der Waals surface area (Å²) in [5.41, 5.74) is 1.32. The highest BCUT2D eigenvalue weighted by molar-refractivity contribution is 6.30. The summed E-state index contributed by atoms with van der Waals surface area (Å²) in [5, 5.41) is 13.2. The number of hydrogen-bond donors (Lipinski definition) is 1. The molecule has 0 aromatic heterocycles. The molecule has 0 amide bonds. The highest BCUT2D eigenvalue weighted by Gasteiger charge is 2.52. The molecule has 1 aliphatic carbocycles. The molecule has 0 heterocycles. The molecule has 3 unspecified atom stereocenters. The molecule has 0 spiro atoms. The number of benzene rings is 2. The lowest BCUT2D eigenvalue weighted by Crippen LogP contribution is -2.64. The SMILES string of the molecule is CN(C)C1(C)CC(Cc2ccc(Cl)cc2)CCC1(O)Cc1cccc(Cl)c1. The van der Waals surface area contributed by atoms with Crippen molar-refractivity contribution in [2.45, 2.75) is 50.2 Å². The second kappa shape index (κ2) is 8.13. The van der Waals surface area contributed by atoms with Gasteiger partial charge in [-0.15, -0.1) is 0 Å². The minimum atomic E-state index is -0.780. The van der Waals surface area contributed by atoms with E-state index in [2.05, 4.69) is 44.1 Å². The average molecular weight is 406 g/mol. The van der Waals surface area contributed by atoms with Crippen LogP contribution in [-0.4, -0.2) is 35.2 Å². The van der Waals surface area contributed by atoms with Gasteiger partial charge in [-0.05, 0) is 88.0 Å². The maximum Gasteiger partial charge on any atom is 0.0867 e. The number of aliphatic hydroxyl groups is 1. The first kappa shape index (κ1) is 20.7. The van der Waals surface area contributed by atoms with Crippen LogP contribution in [0.15, 0.2) is 48.5 Å². The van der Waals surface area contributed by atoms with Gasteiger partial charge in [-0.2, -0.15) is 0 Å². The van der Waals surface area contributed by atoms with E-state index in [1.807, 2.05) is 30.3 Å². The van der Waals surface area contributed by atoms with Gasteiger partial charge in [0.2, 0.25) is 0 Å². The monoisotopic (exact) mass is 405 g/mol. The topological polar surface area (TPSA) is 23.5 Å². The number of nitrogens with zero attached hydrogens (tertiary/aromatic N) is 1. The van der Waals surface area contributed by atoms with Crippen molar-refractivity contribution < 1.29 is 5.11 Å². The third-order valence-corrected chi connectivity index (χ3v) is 6.95. The lowest BCUT2D eigenvalue weighted by molar-refractivity contribution is -0.128. The average Bonchev–Trinajstić information content (AvgIpc) is 2.60. The van der Waals surface area contributed by atoms with Crippen molar-refractivity contribution in [3.05, 3.63) is 69.7 Å². The van der Waals surface area contributed by atoms with Gasteiger partial charge in [0.25, 0.3) is 0 Å². The summed E-state index contributed by atoms with van der Waals surface area (Å²) in [6, 6.07) is 16.0. The fourth-order valence-electron chi connectivity index (χ4n) is 4.56. The van der Waals surface area contributed by atoms with Crippen LogP contribution < -0.4 is 0 Å². The van der Waals surface area contributed by atoms with Crippen molar-refractivity contribution >= 4 is 23.2 Å². The van der Waals surface area contributed by atoms with Crippen LogP contribution in [0, 0.1) is 5.92 Å². The van der Waals surface area contributed by atoms with Crippen molar-refractivity contribution in [1.29, 1.82) is 0 Å². The molecule has 1 saturated carbocycles. The summed E-state index contributed by atoms with van der Waals surface area (Å²) in [4.78, 5) is 2.20. The van der Waals surface area contributed by atoms with E-state index in [0.717, 1.165) is 41.3 Å². The van der Waals surface area contributed by atoms with Crippen molar-refractivity contribution in [1.82, 2.24) is 4.90 Å². The Kier molecular flexibility index (Phi) is 6.22. The Bertz CT molecular complexity index is 776. The zero-order valence-electron chi connectivity index (χ0n) is 16.4. The summed E-state index contributed by atoms with van der Waals surface area (Å²) in [6.07, 6.45) is 4.40. The van der Waals surface area contributed by atoms with E-state index in [1.165, 1.54) is 5.56 Å². The summed E-state index contributed by atoms with van der Waals surface area (Å²) < 4.78 is 0. The zero-order chi connectivity index (χ0) is 19.7. The maximum absolute atomic E-state index is 11.7. The first-order valence-corrected chi connectivity index (χ1v) is 10.4. The Morgan fingerprint density at radius 1 is 1.04 bits per heavy atom. The van der Waals surface area contributed by atoms with E-state index in [1.54, 1.807) is 0 Å². The van der Waals surface area contributed by atoms with Crippen LogP contribution in [-0.2, 0) is 12.8 Å². The van der Waals surface area contributed by atoms with Crippen molar-refractivity contribution in [2.24, 2.45) is 5.92 Å². The van der Waals surface area contributed by atoms with Gasteiger partial charge in [0.15, 0.2) is 0 Å². The van der Waals surface area contributed by atoms with Gasteiger partial charge in [0.1, 0.15) is 0 Å². The van der Waals surface area contributed by atoms with Gasteiger partial charge >= 0.3 is 0 Å². The Hall–Kier alpha value is -1.06. The summed E-state index contributed by atoms with van der Waals surface area (Å²) in [7, 11) is 4.15. The predicted octanol–water partition coefficient (Wildman–Crippen LogP) is 5.63. The Morgan fingerprint density at radius 3 is 2.37 bits per heavy atom. The third-order valence-electron chi connectivity index (χ3n) is 6.47. The van der Waals surface area contributed by atoms with Gasteiger partial charge in [-0.25, -0.2) is 0 Å². The van der Waals surface area contributed by atoms with Crippen LogP contribution >= 0.6 is 23.2 Å². The molecule has 3 atom stereocenters. The molecule has 2 aromatic carbocycles. The highest BCUT2D eigenvalue weighted by atomic mass is 35.5. The van der Waals surface area contributed by atoms with Gasteiger partial charge in [-0.3, -0.25) is 0 Å². The lowest BCUT2D eigenvalue weighted by Gasteiger charge is -2.54. The third kappa shape index (κ3) is 4.51. The molecule has 1 aliphatic rings. The second-order valence-corrected chi connectivity index (χ2v) is 9.32. The molecule has 2 nitrogen and oxygen atoms in total. The van der Waals surface area contributed by atoms with E-state index in [9.17, 15) is 5.11 Å². The molecule has 27 heavy (non-hydrogen) atoms. The molecular formula is C23H29Cl2NO. The fraction of sp³-hybridized carbons (Fsp3) is 0.478. The van der Waals surface area contributed by atoms with E-state index < -0.39 is 5.60 Å². The van der Waals surface area contributed by atoms with Crippen molar-refractivity contribution in [3.8, 4) is 0 Å². The predicted molar refractivity (Wildman–Crippen MR) is 115 cm³/mol. The Morgan fingerprint density at radius 2 is 1.74 bits per heavy atom. The number of hydrogen-bond acceptors (Lipinski definition) is 2. The van der Waals surface area contributed by atoms with E-state index >= 15 is 0 Å². The second-order valence-electron chi connectivity index (χ2n) is 8.45. The van der Waals surface area contributed by atoms with E-state index in [-0.39, 0.29) is 5.54 Å². The summed E-state index contributed by atoms with van der Waals surface area (Å²) in [5.74, 6) is 0.540. The summed E-state index contributed by atoms with van der Waals surface area (Å²) in [6.45, 7) is 2.20. The van der Waals surface area contributed by atoms with Crippen LogP contribution in [0.3, 0.4) is 0 Å². The van der Waals surface area contributed by atoms with Gasteiger partial charge in [0.05, 0.1) is 5.60 Å². The quantitative estimate of drug-likeness (QED) is 0.696. The molecule has 0 bridgehead atoms. The standard InChI is InChI=1S/C23H29Cl2NO/c1-22(26(2)3)15-19(13-17-7-9-20(24)10-8-17)11-12-23(22,27)16-18-5-4-6-21(25)14-18/h4-10,14,19,27H,11-13,15-16H2,1-3H3.